The molecular weight excluding hydrogens is 314 g/mol. The lowest BCUT2D eigenvalue weighted by Crippen LogP contribution is -2.30. The van der Waals surface area contributed by atoms with E-state index in [9.17, 15) is 0 Å². The van der Waals surface area contributed by atoms with Crippen LogP contribution in [0.15, 0.2) is 22.7 Å². The van der Waals surface area contributed by atoms with Gasteiger partial charge in [-0.1, -0.05) is 26.8 Å². The van der Waals surface area contributed by atoms with Gasteiger partial charge in [0.15, 0.2) is 0 Å². The Morgan fingerprint density at radius 1 is 1.35 bits per heavy atom. The molecule has 1 aromatic rings. The lowest BCUT2D eigenvalue weighted by atomic mass is 9.87. The number of benzene rings is 1. The van der Waals surface area contributed by atoms with E-state index in [0.717, 1.165) is 35.7 Å². The molecule has 1 atom stereocenters. The summed E-state index contributed by atoms with van der Waals surface area (Å²) in [5.41, 5.74) is 1.50. The molecule has 1 heterocycles. The van der Waals surface area contributed by atoms with Crippen LogP contribution in [-0.2, 0) is 5.41 Å². The summed E-state index contributed by atoms with van der Waals surface area (Å²) in [6.45, 7) is 9.81. The molecule has 20 heavy (non-hydrogen) atoms. The highest BCUT2D eigenvalue weighted by Gasteiger charge is 2.16. The third-order valence-electron chi connectivity index (χ3n) is 3.98. The molecule has 0 unspecified atom stereocenters. The van der Waals surface area contributed by atoms with Crippen LogP contribution in [0, 0.1) is 5.92 Å². The van der Waals surface area contributed by atoms with Crippen molar-refractivity contribution >= 4 is 15.9 Å². The first-order valence-electron chi connectivity index (χ1n) is 7.60. The monoisotopic (exact) mass is 339 g/mol. The van der Waals surface area contributed by atoms with E-state index in [-0.39, 0.29) is 5.41 Å². The normalized spacial score (nSPS) is 19.9. The van der Waals surface area contributed by atoms with E-state index in [1.165, 1.54) is 24.9 Å². The molecular formula is C17H26BrNO. The maximum Gasteiger partial charge on any atom is 0.133 e. The van der Waals surface area contributed by atoms with Crippen molar-refractivity contribution in [3.63, 3.8) is 0 Å². The zero-order valence-electron chi connectivity index (χ0n) is 12.8. The van der Waals surface area contributed by atoms with Crippen molar-refractivity contribution in [2.75, 3.05) is 19.7 Å². The van der Waals surface area contributed by atoms with Crippen LogP contribution in [0.5, 0.6) is 5.75 Å². The van der Waals surface area contributed by atoms with Gasteiger partial charge in [0.25, 0.3) is 0 Å². The summed E-state index contributed by atoms with van der Waals surface area (Å²) in [5, 5.41) is 3.45. The Morgan fingerprint density at radius 3 is 2.75 bits per heavy atom. The van der Waals surface area contributed by atoms with Gasteiger partial charge in [-0.05, 0) is 77.3 Å². The van der Waals surface area contributed by atoms with Crippen molar-refractivity contribution in [3.8, 4) is 5.75 Å². The van der Waals surface area contributed by atoms with E-state index in [1.807, 2.05) is 0 Å². The van der Waals surface area contributed by atoms with E-state index in [1.54, 1.807) is 0 Å². The van der Waals surface area contributed by atoms with Gasteiger partial charge < -0.3 is 10.1 Å². The fraction of sp³-hybridized carbons (Fsp3) is 0.647. The number of hydrogen-bond acceptors (Lipinski definition) is 2. The zero-order chi connectivity index (χ0) is 14.6. The fourth-order valence-electron chi connectivity index (χ4n) is 2.59. The number of piperidine rings is 1. The largest absolute Gasteiger partial charge is 0.492 e. The number of hydrogen-bond donors (Lipinski definition) is 1. The quantitative estimate of drug-likeness (QED) is 0.870. The number of nitrogens with one attached hydrogen (secondary N) is 1. The smallest absolute Gasteiger partial charge is 0.133 e. The molecule has 1 N–H and O–H groups in total. The Labute approximate surface area is 131 Å². The van der Waals surface area contributed by atoms with Gasteiger partial charge in [0.2, 0.25) is 0 Å². The van der Waals surface area contributed by atoms with Crippen LogP contribution < -0.4 is 10.1 Å². The molecule has 2 rings (SSSR count). The van der Waals surface area contributed by atoms with Crippen LogP contribution in [0.25, 0.3) is 0 Å². The summed E-state index contributed by atoms with van der Waals surface area (Å²) in [6.07, 6.45) is 3.77. The standard InChI is InChI=1S/C17H26BrNO/c1-17(2,3)14-6-7-16(15(18)11-14)20-10-8-13-5-4-9-19-12-13/h6-7,11,13,19H,4-5,8-10,12H2,1-3H3/t13-/m1/s1. The minimum Gasteiger partial charge on any atom is -0.492 e. The summed E-state index contributed by atoms with van der Waals surface area (Å²) in [5.74, 6) is 1.73. The average molecular weight is 340 g/mol. The summed E-state index contributed by atoms with van der Waals surface area (Å²) < 4.78 is 6.99. The Bertz CT molecular complexity index is 433. The topological polar surface area (TPSA) is 21.3 Å². The van der Waals surface area contributed by atoms with Crippen molar-refractivity contribution in [3.05, 3.63) is 28.2 Å². The fourth-order valence-corrected chi connectivity index (χ4v) is 3.08. The molecule has 2 nitrogen and oxygen atoms in total. The van der Waals surface area contributed by atoms with Crippen LogP contribution in [0.1, 0.15) is 45.6 Å². The molecule has 0 aromatic heterocycles. The second-order valence-electron chi connectivity index (χ2n) is 6.74. The minimum absolute atomic E-state index is 0.175. The van der Waals surface area contributed by atoms with E-state index in [2.05, 4.69) is 60.2 Å². The Kier molecular flexibility index (Phi) is 5.50. The first-order valence-corrected chi connectivity index (χ1v) is 8.39. The summed E-state index contributed by atoms with van der Waals surface area (Å²) in [6, 6.07) is 6.43. The maximum atomic E-state index is 5.93. The van der Waals surface area contributed by atoms with Gasteiger partial charge in [-0.2, -0.15) is 0 Å². The van der Waals surface area contributed by atoms with Gasteiger partial charge in [-0.15, -0.1) is 0 Å². The molecule has 1 aliphatic rings. The third kappa shape index (κ3) is 4.49. The van der Waals surface area contributed by atoms with E-state index < -0.39 is 0 Å². The molecule has 0 aliphatic carbocycles. The molecule has 0 spiro atoms. The van der Waals surface area contributed by atoms with Crippen LogP contribution in [0.2, 0.25) is 0 Å². The summed E-state index contributed by atoms with van der Waals surface area (Å²) in [4.78, 5) is 0. The molecule has 3 heteroatoms. The van der Waals surface area contributed by atoms with Gasteiger partial charge in [0.05, 0.1) is 11.1 Å². The van der Waals surface area contributed by atoms with Gasteiger partial charge in [0.1, 0.15) is 5.75 Å². The maximum absolute atomic E-state index is 5.93. The predicted molar refractivity (Wildman–Crippen MR) is 88.5 cm³/mol. The van der Waals surface area contributed by atoms with Crippen molar-refractivity contribution in [2.24, 2.45) is 5.92 Å². The van der Waals surface area contributed by atoms with Gasteiger partial charge in [-0.3, -0.25) is 0 Å². The van der Waals surface area contributed by atoms with Gasteiger partial charge in [-0.25, -0.2) is 0 Å². The van der Waals surface area contributed by atoms with Crippen molar-refractivity contribution in [2.45, 2.75) is 45.4 Å². The molecule has 112 valence electrons. The zero-order valence-corrected chi connectivity index (χ0v) is 14.4. The van der Waals surface area contributed by atoms with Crippen LogP contribution in [0.3, 0.4) is 0 Å². The summed E-state index contributed by atoms with van der Waals surface area (Å²) in [7, 11) is 0. The second kappa shape index (κ2) is 6.95. The number of halogens is 1. The SMILES string of the molecule is CC(C)(C)c1ccc(OCC[C@H]2CCCNC2)c(Br)c1. The molecule has 0 bridgehead atoms. The number of rotatable bonds is 4. The first kappa shape index (κ1) is 15.8. The lowest BCUT2D eigenvalue weighted by Gasteiger charge is -2.23. The second-order valence-corrected chi connectivity index (χ2v) is 7.60. The van der Waals surface area contributed by atoms with Crippen LogP contribution in [0.4, 0.5) is 0 Å². The van der Waals surface area contributed by atoms with Gasteiger partial charge >= 0.3 is 0 Å². The van der Waals surface area contributed by atoms with Crippen LogP contribution in [-0.4, -0.2) is 19.7 Å². The third-order valence-corrected chi connectivity index (χ3v) is 4.60. The molecule has 0 amide bonds. The van der Waals surface area contributed by atoms with Gasteiger partial charge in [0, 0.05) is 0 Å². The van der Waals surface area contributed by atoms with Crippen molar-refractivity contribution in [1.29, 1.82) is 0 Å². The van der Waals surface area contributed by atoms with Crippen molar-refractivity contribution in [1.82, 2.24) is 5.32 Å². The first-order chi connectivity index (χ1) is 9.47. The molecule has 0 saturated carbocycles. The molecule has 1 saturated heterocycles. The van der Waals surface area contributed by atoms with Crippen molar-refractivity contribution < 1.29 is 4.74 Å². The Balaban J connectivity index is 1.86. The molecule has 1 aliphatic heterocycles. The lowest BCUT2D eigenvalue weighted by molar-refractivity contribution is 0.253. The summed E-state index contributed by atoms with van der Waals surface area (Å²) >= 11 is 3.63. The Hall–Kier alpha value is -0.540. The minimum atomic E-state index is 0.175. The van der Waals surface area contributed by atoms with Crippen LogP contribution >= 0.6 is 15.9 Å². The average Bonchev–Trinajstić information content (AvgIpc) is 2.40. The highest BCUT2D eigenvalue weighted by Crippen LogP contribution is 2.31. The highest BCUT2D eigenvalue weighted by molar-refractivity contribution is 9.10. The Morgan fingerprint density at radius 2 is 2.15 bits per heavy atom. The predicted octanol–water partition coefficient (Wildman–Crippen LogP) is 4.52. The molecule has 1 aromatic carbocycles. The molecule has 1 fully saturated rings. The molecule has 0 radical (unpaired) electrons. The number of ether oxygens (including phenoxy) is 1. The van der Waals surface area contributed by atoms with E-state index >= 15 is 0 Å². The van der Waals surface area contributed by atoms with E-state index in [0.29, 0.717) is 0 Å². The highest BCUT2D eigenvalue weighted by atomic mass is 79.9. The van der Waals surface area contributed by atoms with E-state index in [4.69, 9.17) is 4.74 Å².